The maximum atomic E-state index is 13.6. The molecule has 0 amide bonds. The first-order valence-electron chi connectivity index (χ1n) is 10.6. The molecule has 29 heavy (non-hydrogen) atoms. The van der Waals surface area contributed by atoms with Crippen molar-refractivity contribution in [1.82, 2.24) is 0 Å². The molecular formula is C25H30BrNO2. The lowest BCUT2D eigenvalue weighted by Crippen LogP contribution is -3.00. The van der Waals surface area contributed by atoms with Crippen LogP contribution in [0.2, 0.25) is 0 Å². The summed E-state index contributed by atoms with van der Waals surface area (Å²) >= 11 is 0. The predicted octanol–water partition coefficient (Wildman–Crippen LogP) is 1.17. The molecule has 2 aliphatic heterocycles. The third kappa shape index (κ3) is 3.16. The number of hydrogen-bond acceptors (Lipinski definition) is 2. The Kier molecular flexibility index (Phi) is 5.15. The van der Waals surface area contributed by atoms with Crippen molar-refractivity contribution in [3.63, 3.8) is 0 Å². The fourth-order valence-corrected chi connectivity index (χ4v) is 6.19. The number of quaternary nitrogens is 1. The molecule has 0 N–H and O–H groups in total. The number of fused-ring (bicyclic) bond motifs is 5. The van der Waals surface area contributed by atoms with Crippen LogP contribution < -0.4 is 17.0 Å². The molecule has 0 spiro atoms. The molecule has 2 heterocycles. The zero-order valence-corrected chi connectivity index (χ0v) is 19.0. The normalized spacial score (nSPS) is 31.3. The Bertz CT molecular complexity index is 823. The molecule has 3 aliphatic rings. The van der Waals surface area contributed by atoms with Gasteiger partial charge in [-0.3, -0.25) is 4.79 Å². The van der Waals surface area contributed by atoms with E-state index in [2.05, 4.69) is 14.1 Å². The van der Waals surface area contributed by atoms with Gasteiger partial charge < -0.3 is 26.2 Å². The minimum atomic E-state index is -0.785. The Balaban J connectivity index is 0.00000205. The van der Waals surface area contributed by atoms with Crippen molar-refractivity contribution in [3.8, 4) is 0 Å². The largest absolute Gasteiger partial charge is 1.00 e. The van der Waals surface area contributed by atoms with E-state index >= 15 is 0 Å². The van der Waals surface area contributed by atoms with Crippen LogP contribution in [0.15, 0.2) is 60.7 Å². The van der Waals surface area contributed by atoms with E-state index in [9.17, 15) is 4.79 Å². The van der Waals surface area contributed by atoms with E-state index in [1.807, 2.05) is 67.6 Å². The molecule has 0 aromatic heterocycles. The Labute approximate surface area is 184 Å². The first-order chi connectivity index (χ1) is 13.4. The van der Waals surface area contributed by atoms with E-state index in [-0.39, 0.29) is 29.1 Å². The number of hydrogen-bond donors (Lipinski definition) is 0. The number of esters is 1. The van der Waals surface area contributed by atoms with Crippen LogP contribution in [-0.2, 0) is 14.9 Å². The van der Waals surface area contributed by atoms with Gasteiger partial charge in [0, 0.05) is 24.7 Å². The first kappa shape index (κ1) is 20.6. The smallest absolute Gasteiger partial charge is 0.321 e. The summed E-state index contributed by atoms with van der Waals surface area (Å²) in [7, 11) is 4.75. The number of nitrogens with zero attached hydrogens (tertiary/aromatic N) is 1. The molecule has 3 fully saturated rings. The highest BCUT2D eigenvalue weighted by molar-refractivity contribution is 5.87. The number of piperidine rings is 2. The molecule has 2 saturated heterocycles. The Morgan fingerprint density at radius 3 is 1.76 bits per heavy atom. The molecule has 2 aromatic rings. The van der Waals surface area contributed by atoms with Crippen LogP contribution >= 0.6 is 0 Å². The van der Waals surface area contributed by atoms with Gasteiger partial charge in [0.25, 0.3) is 0 Å². The summed E-state index contributed by atoms with van der Waals surface area (Å²) in [6.45, 7) is 2.01. The monoisotopic (exact) mass is 455 g/mol. The quantitative estimate of drug-likeness (QED) is 0.510. The van der Waals surface area contributed by atoms with Gasteiger partial charge >= 0.3 is 5.97 Å². The van der Waals surface area contributed by atoms with Crippen molar-refractivity contribution in [2.45, 2.75) is 49.8 Å². The molecular weight excluding hydrogens is 426 g/mol. The fraction of sp³-hybridized carbons (Fsp3) is 0.480. The summed E-state index contributed by atoms with van der Waals surface area (Å²) in [5.41, 5.74) is 1.19. The Morgan fingerprint density at radius 2 is 1.31 bits per heavy atom. The van der Waals surface area contributed by atoms with Crippen LogP contribution in [-0.4, -0.2) is 42.7 Å². The summed E-state index contributed by atoms with van der Waals surface area (Å²) in [6.07, 6.45) is 3.46. The van der Waals surface area contributed by atoms with Crippen molar-refractivity contribution in [1.29, 1.82) is 0 Å². The van der Waals surface area contributed by atoms with Gasteiger partial charge in [-0.1, -0.05) is 60.7 Å². The SMILES string of the molecule is CC(C(=O)OC1CC2C3C[C@@H]3C(C1)[N+]2(C)C)(c1ccccc1)c1ccccc1.[Br-]. The van der Waals surface area contributed by atoms with Crippen LogP contribution in [0.3, 0.4) is 0 Å². The zero-order chi connectivity index (χ0) is 19.5. The molecule has 2 aromatic carbocycles. The van der Waals surface area contributed by atoms with Gasteiger partial charge in [-0.15, -0.1) is 0 Å². The third-order valence-electron chi connectivity index (χ3n) is 7.98. The second-order valence-corrected chi connectivity index (χ2v) is 9.68. The maximum absolute atomic E-state index is 13.6. The molecule has 5 atom stereocenters. The fourth-order valence-electron chi connectivity index (χ4n) is 6.19. The second-order valence-electron chi connectivity index (χ2n) is 9.68. The Morgan fingerprint density at radius 1 is 0.862 bits per heavy atom. The van der Waals surface area contributed by atoms with Crippen LogP contribution in [0, 0.1) is 11.8 Å². The van der Waals surface area contributed by atoms with Gasteiger partial charge in [0.15, 0.2) is 0 Å². The molecule has 0 radical (unpaired) electrons. The summed E-state index contributed by atoms with van der Waals surface area (Å²) in [5, 5.41) is 0. The topological polar surface area (TPSA) is 26.3 Å². The minimum Gasteiger partial charge on any atom is -1.00 e. The van der Waals surface area contributed by atoms with E-state index in [0.717, 1.165) is 40.3 Å². The number of carbonyl (C=O) groups excluding carboxylic acids is 1. The van der Waals surface area contributed by atoms with Gasteiger partial charge in [0.2, 0.25) is 0 Å². The molecule has 1 saturated carbocycles. The van der Waals surface area contributed by atoms with Gasteiger partial charge in [-0.25, -0.2) is 0 Å². The molecule has 5 rings (SSSR count). The summed E-state index contributed by atoms with van der Waals surface area (Å²) in [4.78, 5) is 13.6. The van der Waals surface area contributed by atoms with E-state index in [1.165, 1.54) is 6.42 Å². The number of halogens is 1. The van der Waals surface area contributed by atoms with Gasteiger partial charge in [-0.2, -0.15) is 0 Å². The zero-order valence-electron chi connectivity index (χ0n) is 17.4. The van der Waals surface area contributed by atoms with Crippen LogP contribution in [0.25, 0.3) is 0 Å². The lowest BCUT2D eigenvalue weighted by Gasteiger charge is -2.46. The number of ether oxygens (including phenoxy) is 1. The summed E-state index contributed by atoms with van der Waals surface area (Å²) in [5.74, 6) is 1.60. The first-order valence-corrected chi connectivity index (χ1v) is 10.6. The molecule has 4 heteroatoms. The molecule has 1 aliphatic carbocycles. The highest BCUT2D eigenvalue weighted by atomic mass is 79.9. The van der Waals surface area contributed by atoms with Crippen molar-refractivity contribution in [2.24, 2.45) is 11.8 Å². The number of benzene rings is 2. The van der Waals surface area contributed by atoms with E-state index in [4.69, 9.17) is 4.74 Å². The molecule has 154 valence electrons. The molecule has 4 unspecified atom stereocenters. The maximum Gasteiger partial charge on any atom is 0.321 e. The van der Waals surface area contributed by atoms with Crippen LogP contribution in [0.1, 0.15) is 37.3 Å². The van der Waals surface area contributed by atoms with Crippen molar-refractivity contribution in [2.75, 3.05) is 14.1 Å². The van der Waals surface area contributed by atoms with E-state index < -0.39 is 5.41 Å². The van der Waals surface area contributed by atoms with Crippen LogP contribution in [0.5, 0.6) is 0 Å². The average molecular weight is 456 g/mol. The minimum absolute atomic E-state index is 0. The summed E-state index contributed by atoms with van der Waals surface area (Å²) in [6, 6.07) is 21.4. The van der Waals surface area contributed by atoms with Gasteiger partial charge in [-0.05, 0) is 24.5 Å². The standard InChI is InChI=1S/C25H30NO2.BrH/c1-25(17-10-6-4-7-11-17,18-12-8-5-9-13-18)24(27)28-19-14-22-20-16-21(20)23(15-19)26(22,2)3;/h4-13,19-23H,14-16H2,1-3H3;1H/q+1;/p-1/t19?,20-,21?,22?,23?;/m0./s1. The number of rotatable bonds is 4. The Hall–Kier alpha value is -1.65. The van der Waals surface area contributed by atoms with Crippen molar-refractivity contribution >= 4 is 5.97 Å². The summed E-state index contributed by atoms with van der Waals surface area (Å²) < 4.78 is 7.38. The highest BCUT2D eigenvalue weighted by Gasteiger charge is 2.68. The van der Waals surface area contributed by atoms with Crippen molar-refractivity contribution in [3.05, 3.63) is 71.8 Å². The molecule has 3 nitrogen and oxygen atoms in total. The lowest BCUT2D eigenvalue weighted by molar-refractivity contribution is -0.937. The molecule has 2 bridgehead atoms. The van der Waals surface area contributed by atoms with E-state index in [0.29, 0.717) is 12.1 Å². The predicted molar refractivity (Wildman–Crippen MR) is 110 cm³/mol. The van der Waals surface area contributed by atoms with Gasteiger partial charge in [0.1, 0.15) is 11.5 Å². The lowest BCUT2D eigenvalue weighted by atomic mass is 9.76. The third-order valence-corrected chi connectivity index (χ3v) is 7.98. The van der Waals surface area contributed by atoms with Gasteiger partial charge in [0.05, 0.1) is 26.2 Å². The average Bonchev–Trinajstić information content (AvgIpc) is 3.47. The van der Waals surface area contributed by atoms with Crippen LogP contribution in [0.4, 0.5) is 0 Å². The number of carbonyl (C=O) groups is 1. The van der Waals surface area contributed by atoms with E-state index in [1.54, 1.807) is 0 Å². The van der Waals surface area contributed by atoms with Crippen molar-refractivity contribution < 1.29 is 31.0 Å². The second kappa shape index (κ2) is 7.24. The highest BCUT2D eigenvalue weighted by Crippen LogP contribution is 2.61.